The van der Waals surface area contributed by atoms with E-state index in [2.05, 4.69) is 31.3 Å². The maximum Gasteiger partial charge on any atom is 0.312 e. The number of aliphatic hydroxyl groups is 7. The Morgan fingerprint density at radius 2 is 1.06 bits per heavy atom. The lowest BCUT2D eigenvalue weighted by atomic mass is 10.0. The molecule has 1 aromatic rings. The number of amides is 8. The van der Waals surface area contributed by atoms with Gasteiger partial charge in [0.15, 0.2) is 6.10 Å². The van der Waals surface area contributed by atoms with Gasteiger partial charge in [-0.05, 0) is 49.3 Å². The molecule has 29 nitrogen and oxygen atoms in total. The molecule has 7 unspecified atom stereocenters. The van der Waals surface area contributed by atoms with Crippen molar-refractivity contribution in [2.75, 3.05) is 111 Å². The lowest BCUT2D eigenvalue weighted by molar-refractivity contribution is -0.142. The van der Waals surface area contributed by atoms with Gasteiger partial charge in [-0.25, -0.2) is 4.79 Å². The number of nitrogens with two attached hydrogens (primary N) is 1. The van der Waals surface area contributed by atoms with Crippen molar-refractivity contribution in [3.8, 4) is 0 Å². The predicted molar refractivity (Wildman–Crippen MR) is 280 cm³/mol. The fraction of sp³-hybridized carbons (Fsp3) is 0.686. The maximum absolute atomic E-state index is 13.5. The van der Waals surface area contributed by atoms with E-state index >= 15 is 0 Å². The number of esters is 1. The molecule has 454 valence electrons. The van der Waals surface area contributed by atoms with E-state index in [-0.39, 0.29) is 154 Å². The smallest absolute Gasteiger partial charge is 0.312 e. The van der Waals surface area contributed by atoms with E-state index in [1.807, 2.05) is 0 Å². The van der Waals surface area contributed by atoms with Gasteiger partial charge in [0.1, 0.15) is 42.6 Å². The van der Waals surface area contributed by atoms with Crippen LogP contribution in [-0.4, -0.2) is 243 Å². The molecule has 0 bridgehead atoms. The number of anilines is 1. The fourth-order valence-corrected chi connectivity index (χ4v) is 7.13. The highest BCUT2D eigenvalue weighted by Crippen LogP contribution is 2.18. The number of nitrogens with zero attached hydrogens (tertiary/aromatic N) is 1. The number of imide groups is 1. The zero-order valence-corrected chi connectivity index (χ0v) is 45.6. The van der Waals surface area contributed by atoms with Gasteiger partial charge in [0.25, 0.3) is 17.7 Å². The molecule has 2 rings (SSSR count). The van der Waals surface area contributed by atoms with Crippen LogP contribution < -0.4 is 32.3 Å². The number of nitrogens with one attached hydrogen (secondary N) is 5. The molecule has 8 amide bonds. The summed E-state index contributed by atoms with van der Waals surface area (Å²) in [6, 6.07) is 2.63. The third kappa shape index (κ3) is 31.3. The Morgan fingerprint density at radius 3 is 1.54 bits per heavy atom. The number of rotatable bonds is 45. The van der Waals surface area contributed by atoms with Crippen molar-refractivity contribution < 1.29 is 107 Å². The summed E-state index contributed by atoms with van der Waals surface area (Å²) in [6.45, 7) is 1.25. The van der Waals surface area contributed by atoms with Gasteiger partial charge in [-0.2, -0.15) is 0 Å². The second kappa shape index (κ2) is 40.4. The second-order valence-corrected chi connectivity index (χ2v) is 19.0. The van der Waals surface area contributed by atoms with Gasteiger partial charge in [0, 0.05) is 43.9 Å². The molecule has 29 heteroatoms. The van der Waals surface area contributed by atoms with Crippen LogP contribution in [0.3, 0.4) is 0 Å². The van der Waals surface area contributed by atoms with Gasteiger partial charge in [-0.3, -0.25) is 38.5 Å². The molecule has 1 aromatic carbocycles. The summed E-state index contributed by atoms with van der Waals surface area (Å²) in [4.78, 5) is 99.6. The number of benzene rings is 1. The summed E-state index contributed by atoms with van der Waals surface area (Å²) < 4.78 is 35.9. The summed E-state index contributed by atoms with van der Waals surface area (Å²) in [6.07, 6.45) is -4.03. The number of aliphatic hydroxyl groups excluding tert-OH is 7. The lowest BCUT2D eigenvalue weighted by Crippen LogP contribution is -2.54. The molecular weight excluding hydrogens is 1060 g/mol. The first-order valence-corrected chi connectivity index (χ1v) is 26.2. The predicted octanol–water partition coefficient (Wildman–Crippen LogP) is -3.84. The second-order valence-electron chi connectivity index (χ2n) is 19.0. The monoisotopic (exact) mass is 1150 g/mol. The van der Waals surface area contributed by atoms with Gasteiger partial charge in [0.2, 0.25) is 17.7 Å². The topological polar surface area (TPSA) is 432 Å². The van der Waals surface area contributed by atoms with Crippen molar-refractivity contribution in [3.63, 3.8) is 0 Å². The molecule has 80 heavy (non-hydrogen) atoms. The van der Waals surface area contributed by atoms with Crippen LogP contribution in [0, 0.1) is 5.92 Å². The van der Waals surface area contributed by atoms with Crippen LogP contribution in [-0.2, 0) is 66.7 Å². The number of primary amides is 1. The number of unbranched alkanes of at least 4 members (excludes halogenated alkanes) is 2. The van der Waals surface area contributed by atoms with Crippen LogP contribution >= 0.6 is 0 Å². The standard InChI is InChI=1S/C51H83N7O22/c1-32(2)46(57-42(65)9-5-4-6-18-58-43(66)14-15-44(58)67)49(71)56-41(8-7-17-53-51(52)73)48(70)55-34-12-10-33(11-13-34)47(69)50(72)54-20-35(59)21-76-24-37(61)25-78-28-39(63)29-80-31-40(64)30-79-27-38(62)26-77-23-36(60)22-75-19-16-45(68)74-3/h10-15,32,35-41,46-47,59-64,69H,4-9,16-31H2,1-3H3,(H,54,72)(H,55,70)(H,56,71)(H,57,65)(H3,52,53,73)/t35?,36?,37?,38?,39?,40?,41-,46-,47?/m0/s1. The molecule has 0 aromatic heterocycles. The Morgan fingerprint density at radius 1 is 0.575 bits per heavy atom. The zero-order valence-electron chi connectivity index (χ0n) is 45.6. The van der Waals surface area contributed by atoms with Gasteiger partial charge in [0.05, 0.1) is 98.9 Å². The average Bonchev–Trinajstić information content (AvgIpc) is 3.73. The van der Waals surface area contributed by atoms with Gasteiger partial charge >= 0.3 is 12.0 Å². The van der Waals surface area contributed by atoms with E-state index in [0.717, 1.165) is 4.90 Å². The zero-order chi connectivity index (χ0) is 59.4. The fourth-order valence-electron chi connectivity index (χ4n) is 7.13. The number of ether oxygens (including phenoxy) is 7. The molecule has 1 aliphatic rings. The van der Waals surface area contributed by atoms with Crippen molar-refractivity contribution in [2.45, 2.75) is 114 Å². The Balaban J connectivity index is 1.67. The molecule has 0 radical (unpaired) electrons. The van der Waals surface area contributed by atoms with Crippen molar-refractivity contribution in [2.24, 2.45) is 11.7 Å². The van der Waals surface area contributed by atoms with E-state index < -0.39 is 90.4 Å². The molecule has 0 spiro atoms. The summed E-state index contributed by atoms with van der Waals surface area (Å²) in [5.41, 5.74) is 5.53. The summed E-state index contributed by atoms with van der Waals surface area (Å²) in [7, 11) is 1.25. The molecule has 0 fully saturated rings. The summed E-state index contributed by atoms with van der Waals surface area (Å²) >= 11 is 0. The summed E-state index contributed by atoms with van der Waals surface area (Å²) in [5.74, 6) is -4.15. The SMILES string of the molecule is COC(=O)CCOCC(O)COCC(O)COCC(O)COCC(O)COCC(O)COCC(O)CNC(=O)C(O)c1ccc(NC(=O)[C@H](CCCNC(N)=O)NC(=O)[C@@H](NC(=O)CCCCCN2C(=O)C=CC2=O)C(C)C)cc1. The molecule has 1 heterocycles. The molecule has 9 atom stereocenters. The Bertz CT molecular complexity index is 2040. The third-order valence-corrected chi connectivity index (χ3v) is 11.4. The summed E-state index contributed by atoms with van der Waals surface area (Å²) in [5, 5.41) is 84.1. The Kier molecular flexibility index (Phi) is 35.5. The number of methoxy groups -OCH3 is 1. The third-order valence-electron chi connectivity index (χ3n) is 11.4. The van der Waals surface area contributed by atoms with E-state index in [0.29, 0.717) is 19.3 Å². The van der Waals surface area contributed by atoms with Crippen LogP contribution in [0.15, 0.2) is 36.4 Å². The van der Waals surface area contributed by atoms with E-state index in [9.17, 15) is 74.1 Å². The van der Waals surface area contributed by atoms with Crippen molar-refractivity contribution >= 4 is 53.1 Å². The minimum absolute atomic E-state index is 0.0444. The van der Waals surface area contributed by atoms with Crippen molar-refractivity contribution in [1.29, 1.82) is 0 Å². The number of urea groups is 1. The minimum Gasteiger partial charge on any atom is -0.469 e. The minimum atomic E-state index is -1.69. The lowest BCUT2D eigenvalue weighted by Gasteiger charge is -2.25. The first kappa shape index (κ1) is 70.3. The number of hydrogen-bond donors (Lipinski definition) is 13. The van der Waals surface area contributed by atoms with Crippen LogP contribution in [0.25, 0.3) is 0 Å². The highest BCUT2D eigenvalue weighted by atomic mass is 16.6. The Hall–Kier alpha value is -5.80. The Labute approximate surface area is 464 Å². The largest absolute Gasteiger partial charge is 0.469 e. The number of carbonyl (C=O) groups excluding carboxylic acids is 8. The van der Waals surface area contributed by atoms with Crippen molar-refractivity contribution in [3.05, 3.63) is 42.0 Å². The molecule has 0 saturated carbocycles. The highest BCUT2D eigenvalue weighted by molar-refractivity contribution is 6.12. The van der Waals surface area contributed by atoms with Crippen LogP contribution in [0.5, 0.6) is 0 Å². The van der Waals surface area contributed by atoms with Crippen LogP contribution in [0.4, 0.5) is 10.5 Å². The quantitative estimate of drug-likeness (QED) is 0.0169. The van der Waals surface area contributed by atoms with Crippen LogP contribution in [0.1, 0.15) is 70.5 Å². The molecule has 1 aliphatic heterocycles. The maximum atomic E-state index is 13.5. The highest BCUT2D eigenvalue weighted by Gasteiger charge is 2.30. The van der Waals surface area contributed by atoms with Gasteiger partial charge in [-0.15, -0.1) is 0 Å². The first-order chi connectivity index (χ1) is 38.1. The van der Waals surface area contributed by atoms with E-state index in [1.54, 1.807) is 13.8 Å². The number of hydrogen-bond acceptors (Lipinski definition) is 22. The molecule has 0 aliphatic carbocycles. The average molecular weight is 1150 g/mol. The van der Waals surface area contributed by atoms with Gasteiger partial charge < -0.3 is 101 Å². The van der Waals surface area contributed by atoms with E-state index in [1.165, 1.54) is 43.5 Å². The first-order valence-electron chi connectivity index (χ1n) is 26.2. The van der Waals surface area contributed by atoms with Crippen LogP contribution in [0.2, 0.25) is 0 Å². The van der Waals surface area contributed by atoms with E-state index in [4.69, 9.17) is 34.2 Å². The molecular formula is C51H83N7O22. The number of carbonyl (C=O) groups is 8. The van der Waals surface area contributed by atoms with Gasteiger partial charge in [-0.1, -0.05) is 32.4 Å². The van der Waals surface area contributed by atoms with Crippen molar-refractivity contribution in [1.82, 2.24) is 26.2 Å². The molecule has 0 saturated heterocycles. The molecule has 14 N–H and O–H groups in total. The normalized spacial score (nSPS) is 15.8.